The molecule has 5 N–H and O–H groups in total. The number of fused-ring (bicyclic) bond motifs is 1. The third kappa shape index (κ3) is 3.67. The van der Waals surface area contributed by atoms with Crippen LogP contribution in [0.5, 0.6) is 0 Å². The van der Waals surface area contributed by atoms with Crippen LogP contribution in [-0.2, 0) is 11.3 Å². The molecular weight excluding hydrogens is 402 g/mol. The molecule has 1 amide bonds. The summed E-state index contributed by atoms with van der Waals surface area (Å²) in [5.41, 5.74) is 6.17. The monoisotopic (exact) mass is 420 g/mol. The highest BCUT2D eigenvalue weighted by molar-refractivity contribution is 5.94. The maximum absolute atomic E-state index is 13.8. The van der Waals surface area contributed by atoms with Gasteiger partial charge in [-0.1, -0.05) is 0 Å². The summed E-state index contributed by atoms with van der Waals surface area (Å²) in [5.74, 6) is -2.43. The van der Waals surface area contributed by atoms with E-state index in [0.717, 1.165) is 18.2 Å². The largest absolute Gasteiger partial charge is 0.388 e. The average molecular weight is 420 g/mol. The van der Waals surface area contributed by atoms with Crippen LogP contribution in [0, 0.1) is 11.6 Å². The van der Waals surface area contributed by atoms with E-state index >= 15 is 0 Å². The highest BCUT2D eigenvalue weighted by atomic mass is 19.1. The highest BCUT2D eigenvalue weighted by Gasteiger charge is 2.39. The third-order valence-corrected chi connectivity index (χ3v) is 4.94. The number of nitrogens with zero attached hydrogens (tertiary/aromatic N) is 4. The number of hydrogen-bond donors (Lipinski definition) is 4. The molecule has 0 radical (unpaired) electrons. The molecule has 4 atom stereocenters. The first-order valence-corrected chi connectivity index (χ1v) is 9.00. The van der Waals surface area contributed by atoms with Crippen molar-refractivity contribution >= 4 is 22.9 Å². The van der Waals surface area contributed by atoms with Crippen LogP contribution in [0.25, 0.3) is 11.2 Å². The maximum atomic E-state index is 13.8. The van der Waals surface area contributed by atoms with E-state index in [4.69, 9.17) is 10.5 Å². The van der Waals surface area contributed by atoms with E-state index in [1.54, 1.807) is 4.57 Å². The lowest BCUT2D eigenvalue weighted by molar-refractivity contribution is -0.152. The Labute approximate surface area is 168 Å². The third-order valence-electron chi connectivity index (χ3n) is 4.94. The number of nitrogens with one attached hydrogen (secondary N) is 1. The van der Waals surface area contributed by atoms with Crippen molar-refractivity contribution in [1.82, 2.24) is 24.8 Å². The fraction of sp³-hybridized carbons (Fsp3) is 0.333. The summed E-state index contributed by atoms with van der Waals surface area (Å²) < 4.78 is 34.3. The summed E-state index contributed by atoms with van der Waals surface area (Å²) in [5, 5.41) is 23.3. The number of halogens is 2. The molecule has 1 aliphatic heterocycles. The topological polar surface area (TPSA) is 148 Å². The van der Waals surface area contributed by atoms with Crippen molar-refractivity contribution in [1.29, 1.82) is 0 Å². The van der Waals surface area contributed by atoms with E-state index < -0.39 is 47.5 Å². The molecule has 1 aromatic carbocycles. The van der Waals surface area contributed by atoms with Gasteiger partial charge >= 0.3 is 0 Å². The van der Waals surface area contributed by atoms with Crippen LogP contribution < -0.4 is 11.1 Å². The van der Waals surface area contributed by atoms with Gasteiger partial charge in [-0.2, -0.15) is 0 Å². The summed E-state index contributed by atoms with van der Waals surface area (Å²) >= 11 is 0. The number of anilines is 1. The lowest BCUT2D eigenvalue weighted by Gasteiger charge is -2.38. The fourth-order valence-corrected chi connectivity index (χ4v) is 3.35. The number of amides is 1. The van der Waals surface area contributed by atoms with Crippen molar-refractivity contribution in [2.75, 3.05) is 12.3 Å². The number of carbonyl (C=O) groups excluding carboxylic acids is 1. The first-order valence-electron chi connectivity index (χ1n) is 9.00. The van der Waals surface area contributed by atoms with Crippen LogP contribution in [0.2, 0.25) is 0 Å². The molecule has 0 bridgehead atoms. The normalized spacial score (nSPS) is 24.1. The Hall–Kier alpha value is -3.22. The molecule has 1 fully saturated rings. The molecule has 1 aliphatic rings. The predicted molar refractivity (Wildman–Crippen MR) is 99.1 cm³/mol. The van der Waals surface area contributed by atoms with Gasteiger partial charge in [0.15, 0.2) is 11.5 Å². The molecule has 0 unspecified atom stereocenters. The Morgan fingerprint density at radius 1 is 1.27 bits per heavy atom. The molecule has 12 heteroatoms. The van der Waals surface area contributed by atoms with Gasteiger partial charge < -0.3 is 30.6 Å². The number of aliphatic hydroxyl groups excluding tert-OH is 2. The molecule has 3 heterocycles. The Balaban J connectivity index is 1.45. The van der Waals surface area contributed by atoms with Gasteiger partial charge in [-0.15, -0.1) is 0 Å². The lowest BCUT2D eigenvalue weighted by atomic mass is 9.97. The Morgan fingerprint density at radius 2 is 2.07 bits per heavy atom. The van der Waals surface area contributed by atoms with Gasteiger partial charge in [-0.05, 0) is 18.2 Å². The van der Waals surface area contributed by atoms with Crippen LogP contribution in [0.15, 0.2) is 30.9 Å². The van der Waals surface area contributed by atoms with Crippen molar-refractivity contribution in [3.8, 4) is 0 Å². The Bertz CT molecular complexity index is 1090. The zero-order chi connectivity index (χ0) is 21.4. The number of nitrogen functional groups attached to an aromatic ring is 1. The van der Waals surface area contributed by atoms with E-state index in [9.17, 15) is 23.8 Å². The Kier molecular flexibility index (Phi) is 5.28. The standard InChI is InChI=1S/C18H18F2N6O4/c19-8-1-2-10(20)9(3-8)18(29)25-11-5-30-12(15(28)14(11)27)4-26-7-24-17-13(26)16(21)22-6-23-17/h1-3,6-7,11-12,14-15,27-28H,4-5H2,(H,25,29)(H2,21,22,23)/t11-,12-,14+,15-/m1/s1. The van der Waals surface area contributed by atoms with Crippen LogP contribution in [0.1, 0.15) is 10.4 Å². The van der Waals surface area contributed by atoms with E-state index in [-0.39, 0.29) is 19.0 Å². The molecule has 3 aromatic rings. The van der Waals surface area contributed by atoms with Crippen molar-refractivity contribution in [3.05, 3.63) is 48.1 Å². The number of hydrogen-bond acceptors (Lipinski definition) is 8. The minimum absolute atomic E-state index is 0.0888. The Morgan fingerprint density at radius 3 is 2.87 bits per heavy atom. The molecule has 0 spiro atoms. The summed E-state index contributed by atoms with van der Waals surface area (Å²) in [4.78, 5) is 24.3. The molecule has 0 aliphatic carbocycles. The summed E-state index contributed by atoms with van der Waals surface area (Å²) in [6.45, 7) is -0.0737. The number of aliphatic hydroxyl groups is 2. The van der Waals surface area contributed by atoms with Crippen molar-refractivity contribution < 1.29 is 28.5 Å². The van der Waals surface area contributed by atoms with E-state index in [1.807, 2.05) is 0 Å². The molecule has 10 nitrogen and oxygen atoms in total. The molecule has 1 saturated heterocycles. The molecule has 2 aromatic heterocycles. The second-order valence-corrected chi connectivity index (χ2v) is 6.89. The minimum atomic E-state index is -1.41. The van der Waals surface area contributed by atoms with Gasteiger partial charge in [0.2, 0.25) is 0 Å². The van der Waals surface area contributed by atoms with Gasteiger partial charge in [0.1, 0.15) is 41.8 Å². The van der Waals surface area contributed by atoms with Crippen molar-refractivity contribution in [3.63, 3.8) is 0 Å². The smallest absolute Gasteiger partial charge is 0.254 e. The first-order chi connectivity index (χ1) is 14.3. The molecular formula is C18H18F2N6O4. The molecule has 30 heavy (non-hydrogen) atoms. The number of nitrogens with two attached hydrogens (primary N) is 1. The zero-order valence-electron chi connectivity index (χ0n) is 15.4. The van der Waals surface area contributed by atoms with Gasteiger partial charge in [-0.25, -0.2) is 23.7 Å². The van der Waals surface area contributed by atoms with Crippen molar-refractivity contribution in [2.24, 2.45) is 0 Å². The van der Waals surface area contributed by atoms with E-state index in [1.165, 1.54) is 12.7 Å². The second kappa shape index (κ2) is 7.89. The molecule has 158 valence electrons. The van der Waals surface area contributed by atoms with E-state index in [2.05, 4.69) is 20.3 Å². The minimum Gasteiger partial charge on any atom is -0.388 e. The van der Waals surface area contributed by atoms with E-state index in [0.29, 0.717) is 11.2 Å². The molecule has 0 saturated carbocycles. The van der Waals surface area contributed by atoms with Crippen LogP contribution >= 0.6 is 0 Å². The van der Waals surface area contributed by atoms with Crippen molar-refractivity contribution in [2.45, 2.75) is 30.9 Å². The summed E-state index contributed by atoms with van der Waals surface area (Å²) in [6.07, 6.45) is -0.911. The van der Waals surface area contributed by atoms with Crippen LogP contribution in [-0.4, -0.2) is 66.6 Å². The SMILES string of the molecule is Nc1ncnc2ncn(C[C@H]3OC[C@@H](NC(=O)c4cc(F)ccc4F)[C@H](O)[C@@H]3O)c12. The highest BCUT2D eigenvalue weighted by Crippen LogP contribution is 2.22. The number of imidazole rings is 1. The van der Waals surface area contributed by atoms with Gasteiger partial charge in [0.05, 0.1) is 31.1 Å². The number of aromatic nitrogens is 4. The quantitative estimate of drug-likeness (QED) is 0.446. The lowest BCUT2D eigenvalue weighted by Crippen LogP contribution is -2.60. The second-order valence-electron chi connectivity index (χ2n) is 6.89. The number of benzene rings is 1. The van der Waals surface area contributed by atoms with Gasteiger partial charge in [-0.3, -0.25) is 4.79 Å². The predicted octanol–water partition coefficient (Wildman–Crippen LogP) is -0.394. The molecule has 4 rings (SSSR count). The first kappa shape index (κ1) is 20.1. The summed E-state index contributed by atoms with van der Waals surface area (Å²) in [7, 11) is 0. The van der Waals surface area contributed by atoms with Crippen LogP contribution in [0.3, 0.4) is 0 Å². The number of rotatable bonds is 4. The number of carbonyl (C=O) groups is 1. The van der Waals surface area contributed by atoms with Gasteiger partial charge in [0, 0.05) is 0 Å². The fourth-order valence-electron chi connectivity index (χ4n) is 3.35. The van der Waals surface area contributed by atoms with Crippen LogP contribution in [0.4, 0.5) is 14.6 Å². The number of ether oxygens (including phenoxy) is 1. The maximum Gasteiger partial charge on any atom is 0.254 e. The van der Waals surface area contributed by atoms with Gasteiger partial charge in [0.25, 0.3) is 5.91 Å². The summed E-state index contributed by atoms with van der Waals surface area (Å²) in [6, 6.07) is 1.43. The zero-order valence-corrected chi connectivity index (χ0v) is 15.4. The average Bonchev–Trinajstić information content (AvgIpc) is 3.13.